The molecule has 1 heterocycles. The standard InChI is InChI=1S/C19H20N2O6S2/c1-26-16-9-7-14(8-10-16)19-21-15(13-27-19)11-12-20-29(24,25)18-6-4-3-5-17(18)28(2,22)23/h3-10,13,20H,11-12H2,1-2H3. The summed E-state index contributed by atoms with van der Waals surface area (Å²) in [5.41, 5.74) is 1.33. The number of rotatable bonds is 8. The number of oxazole rings is 1. The summed E-state index contributed by atoms with van der Waals surface area (Å²) in [4.78, 5) is 3.83. The van der Waals surface area contributed by atoms with Gasteiger partial charge in [-0.3, -0.25) is 0 Å². The molecule has 29 heavy (non-hydrogen) atoms. The van der Waals surface area contributed by atoms with Crippen molar-refractivity contribution < 1.29 is 26.0 Å². The number of hydrogen-bond donors (Lipinski definition) is 1. The van der Waals surface area contributed by atoms with Crippen LogP contribution in [-0.4, -0.2) is 41.7 Å². The maximum absolute atomic E-state index is 12.5. The van der Waals surface area contributed by atoms with E-state index in [2.05, 4.69) is 9.71 Å². The van der Waals surface area contributed by atoms with Gasteiger partial charge in [-0.05, 0) is 36.4 Å². The summed E-state index contributed by atoms with van der Waals surface area (Å²) in [6, 6.07) is 12.7. The minimum absolute atomic E-state index is 0.0367. The van der Waals surface area contributed by atoms with Gasteiger partial charge in [0.1, 0.15) is 16.9 Å². The third kappa shape index (κ3) is 5.03. The molecule has 0 aliphatic heterocycles. The van der Waals surface area contributed by atoms with Crippen molar-refractivity contribution in [2.45, 2.75) is 16.2 Å². The molecule has 0 atom stereocenters. The van der Waals surface area contributed by atoms with Crippen molar-refractivity contribution in [3.8, 4) is 17.2 Å². The zero-order valence-electron chi connectivity index (χ0n) is 15.8. The van der Waals surface area contributed by atoms with Crippen LogP contribution in [-0.2, 0) is 26.3 Å². The highest BCUT2D eigenvalue weighted by atomic mass is 32.2. The first-order valence-electron chi connectivity index (χ1n) is 8.58. The number of benzene rings is 2. The fourth-order valence-electron chi connectivity index (χ4n) is 2.66. The van der Waals surface area contributed by atoms with Crippen LogP contribution in [0.5, 0.6) is 5.75 Å². The Hall–Kier alpha value is -2.69. The summed E-state index contributed by atoms with van der Waals surface area (Å²) in [5, 5.41) is 0. The smallest absolute Gasteiger partial charge is 0.241 e. The zero-order valence-corrected chi connectivity index (χ0v) is 17.5. The molecule has 0 radical (unpaired) electrons. The van der Waals surface area contributed by atoms with Crippen molar-refractivity contribution in [3.05, 3.63) is 60.5 Å². The van der Waals surface area contributed by atoms with Crippen molar-refractivity contribution >= 4 is 19.9 Å². The maximum Gasteiger partial charge on any atom is 0.241 e. The first-order valence-corrected chi connectivity index (χ1v) is 12.0. The number of sulfone groups is 1. The van der Waals surface area contributed by atoms with Gasteiger partial charge in [-0.2, -0.15) is 0 Å². The van der Waals surface area contributed by atoms with E-state index in [0.29, 0.717) is 17.3 Å². The Kier molecular flexibility index (Phi) is 6.06. The fraction of sp³-hybridized carbons (Fsp3) is 0.211. The number of aromatic nitrogens is 1. The van der Waals surface area contributed by atoms with E-state index in [4.69, 9.17) is 9.15 Å². The molecule has 0 fully saturated rings. The monoisotopic (exact) mass is 436 g/mol. The lowest BCUT2D eigenvalue weighted by Gasteiger charge is -2.09. The van der Waals surface area contributed by atoms with Gasteiger partial charge in [-0.15, -0.1) is 0 Å². The molecule has 0 amide bonds. The third-order valence-electron chi connectivity index (χ3n) is 4.10. The summed E-state index contributed by atoms with van der Waals surface area (Å²) in [7, 11) is -6.10. The topological polar surface area (TPSA) is 116 Å². The van der Waals surface area contributed by atoms with E-state index >= 15 is 0 Å². The molecular formula is C19H20N2O6S2. The number of methoxy groups -OCH3 is 1. The van der Waals surface area contributed by atoms with E-state index in [1.54, 1.807) is 31.4 Å². The Morgan fingerprint density at radius 1 is 1.00 bits per heavy atom. The largest absolute Gasteiger partial charge is 0.497 e. The SMILES string of the molecule is COc1ccc(-c2nc(CCNS(=O)(=O)c3ccccc3S(C)(=O)=O)co2)cc1. The summed E-state index contributed by atoms with van der Waals surface area (Å²) in [5.74, 6) is 1.12. The summed E-state index contributed by atoms with van der Waals surface area (Å²) in [6.07, 6.45) is 2.70. The van der Waals surface area contributed by atoms with E-state index in [1.165, 1.54) is 30.5 Å². The van der Waals surface area contributed by atoms with Gasteiger partial charge in [0.15, 0.2) is 9.84 Å². The lowest BCUT2D eigenvalue weighted by atomic mass is 10.2. The van der Waals surface area contributed by atoms with Crippen LogP contribution in [0.4, 0.5) is 0 Å². The normalized spacial score (nSPS) is 12.1. The molecule has 10 heteroatoms. The highest BCUT2D eigenvalue weighted by Gasteiger charge is 2.23. The second-order valence-electron chi connectivity index (χ2n) is 6.24. The van der Waals surface area contributed by atoms with Crippen molar-refractivity contribution in [3.63, 3.8) is 0 Å². The minimum Gasteiger partial charge on any atom is -0.497 e. The Labute approximate surface area is 169 Å². The lowest BCUT2D eigenvalue weighted by molar-refractivity contribution is 0.415. The summed E-state index contributed by atoms with van der Waals surface area (Å²) in [6.45, 7) is 0.0367. The van der Waals surface area contributed by atoms with Crippen LogP contribution in [0.15, 0.2) is 69.0 Å². The van der Waals surface area contributed by atoms with E-state index < -0.39 is 19.9 Å². The predicted octanol–water partition coefficient (Wildman–Crippen LogP) is 2.27. The number of hydrogen-bond acceptors (Lipinski definition) is 7. The van der Waals surface area contributed by atoms with E-state index in [1.807, 2.05) is 0 Å². The van der Waals surface area contributed by atoms with Crippen LogP contribution in [0.25, 0.3) is 11.5 Å². The van der Waals surface area contributed by atoms with Gasteiger partial charge in [0.25, 0.3) is 0 Å². The Balaban J connectivity index is 1.68. The highest BCUT2D eigenvalue weighted by Crippen LogP contribution is 2.22. The molecule has 0 bridgehead atoms. The third-order valence-corrected chi connectivity index (χ3v) is 6.90. The van der Waals surface area contributed by atoms with Crippen molar-refractivity contribution in [1.29, 1.82) is 0 Å². The molecule has 0 aliphatic carbocycles. The minimum atomic E-state index is -4.00. The van der Waals surface area contributed by atoms with Gasteiger partial charge < -0.3 is 9.15 Å². The van der Waals surface area contributed by atoms with Gasteiger partial charge in [0.2, 0.25) is 15.9 Å². The first kappa shape index (κ1) is 21.0. The lowest BCUT2D eigenvalue weighted by Crippen LogP contribution is -2.27. The van der Waals surface area contributed by atoms with E-state index in [-0.39, 0.29) is 22.8 Å². The molecule has 1 N–H and O–H groups in total. The molecule has 3 rings (SSSR count). The van der Waals surface area contributed by atoms with Crippen molar-refractivity contribution in [2.24, 2.45) is 0 Å². The Bertz CT molecular complexity index is 1200. The van der Waals surface area contributed by atoms with Gasteiger partial charge in [0.05, 0.1) is 17.7 Å². The Morgan fingerprint density at radius 2 is 1.66 bits per heavy atom. The summed E-state index contributed by atoms with van der Waals surface area (Å²) < 4.78 is 61.8. The first-order chi connectivity index (χ1) is 13.7. The maximum atomic E-state index is 12.5. The van der Waals surface area contributed by atoms with Crippen LogP contribution < -0.4 is 9.46 Å². The number of ether oxygens (including phenoxy) is 1. The number of sulfonamides is 1. The molecule has 2 aromatic carbocycles. The number of nitrogens with zero attached hydrogens (tertiary/aromatic N) is 1. The second-order valence-corrected chi connectivity index (χ2v) is 9.96. The Morgan fingerprint density at radius 3 is 2.28 bits per heavy atom. The van der Waals surface area contributed by atoms with E-state index in [9.17, 15) is 16.8 Å². The molecule has 1 aromatic heterocycles. The molecule has 8 nitrogen and oxygen atoms in total. The second kappa shape index (κ2) is 8.36. The predicted molar refractivity (Wildman–Crippen MR) is 107 cm³/mol. The average molecular weight is 437 g/mol. The highest BCUT2D eigenvalue weighted by molar-refractivity contribution is 7.93. The van der Waals surface area contributed by atoms with Crippen molar-refractivity contribution in [1.82, 2.24) is 9.71 Å². The molecule has 0 saturated carbocycles. The van der Waals surface area contributed by atoms with Gasteiger partial charge >= 0.3 is 0 Å². The van der Waals surface area contributed by atoms with Crippen molar-refractivity contribution in [2.75, 3.05) is 19.9 Å². The van der Waals surface area contributed by atoms with Gasteiger partial charge in [-0.25, -0.2) is 26.5 Å². The van der Waals surface area contributed by atoms with Gasteiger partial charge in [-0.1, -0.05) is 12.1 Å². The molecule has 0 spiro atoms. The van der Waals surface area contributed by atoms with Crippen LogP contribution in [0.3, 0.4) is 0 Å². The summed E-state index contributed by atoms with van der Waals surface area (Å²) >= 11 is 0. The van der Waals surface area contributed by atoms with Crippen LogP contribution >= 0.6 is 0 Å². The van der Waals surface area contributed by atoms with Gasteiger partial charge in [0, 0.05) is 24.8 Å². The van der Waals surface area contributed by atoms with E-state index in [0.717, 1.165) is 11.8 Å². The molecule has 0 saturated heterocycles. The fourth-order valence-corrected chi connectivity index (χ4v) is 5.32. The quantitative estimate of drug-likeness (QED) is 0.576. The molecule has 0 unspecified atom stereocenters. The average Bonchev–Trinajstić information content (AvgIpc) is 3.16. The van der Waals surface area contributed by atoms with Crippen LogP contribution in [0.2, 0.25) is 0 Å². The van der Waals surface area contributed by atoms with Crippen LogP contribution in [0, 0.1) is 0 Å². The van der Waals surface area contributed by atoms with Crippen LogP contribution in [0.1, 0.15) is 5.69 Å². The number of nitrogens with one attached hydrogen (secondary N) is 1. The zero-order chi connectivity index (χ0) is 21.1. The molecular weight excluding hydrogens is 416 g/mol. The molecule has 0 aliphatic rings. The molecule has 154 valence electrons. The molecule has 3 aromatic rings.